The fourth-order valence-corrected chi connectivity index (χ4v) is 10.9. The van der Waals surface area contributed by atoms with Crippen LogP contribution in [0.1, 0.15) is 54.9 Å². The van der Waals surface area contributed by atoms with Crippen LogP contribution in [-0.2, 0) is 5.41 Å². The van der Waals surface area contributed by atoms with Crippen molar-refractivity contribution in [1.29, 1.82) is 0 Å². The van der Waals surface area contributed by atoms with Crippen LogP contribution in [0.25, 0.3) is 77.3 Å². The summed E-state index contributed by atoms with van der Waals surface area (Å²) in [7, 11) is 0. The number of hydrogen-bond donors (Lipinski definition) is 0. The Bertz CT molecular complexity index is 3430. The molecule has 64 heavy (non-hydrogen) atoms. The molecule has 306 valence electrons. The molecular weight excluding hydrogens is 773 g/mol. The minimum atomic E-state index is -0.349. The summed E-state index contributed by atoms with van der Waals surface area (Å²) in [5, 5.41) is 5.20. The van der Waals surface area contributed by atoms with E-state index in [2.05, 4.69) is 241 Å². The van der Waals surface area contributed by atoms with E-state index in [1.165, 1.54) is 105 Å². The second kappa shape index (κ2) is 15.6. The van der Waals surface area contributed by atoms with Crippen molar-refractivity contribution in [3.63, 3.8) is 0 Å². The summed E-state index contributed by atoms with van der Waals surface area (Å²) in [5.41, 5.74) is 19.2. The third-order valence-corrected chi connectivity index (χ3v) is 14.2. The zero-order valence-corrected chi connectivity index (χ0v) is 36.1. The van der Waals surface area contributed by atoms with E-state index in [-0.39, 0.29) is 5.41 Å². The van der Waals surface area contributed by atoms with Crippen LogP contribution in [-0.4, -0.2) is 9.13 Å². The normalized spacial score (nSPS) is 15.2. The van der Waals surface area contributed by atoms with E-state index in [4.69, 9.17) is 0 Å². The quantitative estimate of drug-likeness (QED) is 0.145. The lowest BCUT2D eigenvalue weighted by Gasteiger charge is -2.37. The van der Waals surface area contributed by atoms with Crippen LogP contribution in [0.15, 0.2) is 230 Å². The standard InChI is InChI=1S/C62H48N2/c1-62(57-22-10-5-17-52(57)47-15-3-2-4-16-47,48-35-27-43(28-36-48)45-31-39-50(40-32-45)63-58-23-11-6-18-53(58)54-19-7-12-24-59(54)63)49-37-29-44(30-38-49)46-33-41-51(42-34-46)64-60-25-13-8-20-55(60)56-21-9-14-26-61(56)64/h2-29,31,33-37,39,41-42H,30,32,38,40H2,1H3. The van der Waals surface area contributed by atoms with Crippen molar-refractivity contribution in [2.45, 2.75) is 38.0 Å². The molecule has 2 heterocycles. The molecule has 2 nitrogen and oxygen atoms in total. The second-order valence-electron chi connectivity index (χ2n) is 17.6. The van der Waals surface area contributed by atoms with Gasteiger partial charge in [0.25, 0.3) is 0 Å². The Morgan fingerprint density at radius 1 is 0.359 bits per heavy atom. The number of rotatable bonds is 8. The topological polar surface area (TPSA) is 9.86 Å². The minimum absolute atomic E-state index is 0.349. The van der Waals surface area contributed by atoms with E-state index in [0.29, 0.717) is 0 Å². The number of nitrogens with zero attached hydrogens (tertiary/aromatic N) is 2. The molecule has 0 amide bonds. The third kappa shape index (κ3) is 6.24. The maximum absolute atomic E-state index is 2.47. The lowest BCUT2D eigenvalue weighted by molar-refractivity contribution is 0.637. The smallest absolute Gasteiger partial charge is 0.0541 e. The van der Waals surface area contributed by atoms with Crippen molar-refractivity contribution >= 4 is 60.5 Å². The van der Waals surface area contributed by atoms with Crippen LogP contribution in [0.4, 0.5) is 0 Å². The average Bonchev–Trinajstić information content (AvgIpc) is 3.90. The van der Waals surface area contributed by atoms with Gasteiger partial charge in [-0.05, 0) is 120 Å². The molecule has 1 atom stereocenters. The number of benzene rings is 8. The van der Waals surface area contributed by atoms with Crippen molar-refractivity contribution in [2.75, 3.05) is 0 Å². The van der Waals surface area contributed by atoms with Gasteiger partial charge in [-0.2, -0.15) is 0 Å². The van der Waals surface area contributed by atoms with Gasteiger partial charge >= 0.3 is 0 Å². The highest BCUT2D eigenvalue weighted by atomic mass is 15.0. The number of hydrogen-bond acceptors (Lipinski definition) is 0. The third-order valence-electron chi connectivity index (χ3n) is 14.2. The van der Waals surface area contributed by atoms with Crippen LogP contribution in [0.3, 0.4) is 0 Å². The van der Waals surface area contributed by atoms with Crippen molar-refractivity contribution in [1.82, 2.24) is 9.13 Å². The Morgan fingerprint density at radius 2 is 0.828 bits per heavy atom. The van der Waals surface area contributed by atoms with Gasteiger partial charge in [-0.3, -0.25) is 0 Å². The second-order valence-corrected chi connectivity index (χ2v) is 17.6. The molecule has 0 bridgehead atoms. The fourth-order valence-electron chi connectivity index (χ4n) is 10.9. The molecule has 0 N–H and O–H groups in total. The van der Waals surface area contributed by atoms with Crippen LogP contribution in [0.5, 0.6) is 0 Å². The fraction of sp³-hybridized carbons (Fsp3) is 0.0968. The molecular formula is C62H48N2. The van der Waals surface area contributed by atoms with E-state index >= 15 is 0 Å². The number of fused-ring (bicyclic) bond motifs is 6. The summed E-state index contributed by atoms with van der Waals surface area (Å²) in [4.78, 5) is 0. The van der Waals surface area contributed by atoms with Gasteiger partial charge in [-0.15, -0.1) is 0 Å². The molecule has 0 fully saturated rings. The van der Waals surface area contributed by atoms with Crippen molar-refractivity contribution < 1.29 is 0 Å². The first-order valence-corrected chi connectivity index (χ1v) is 22.8. The number of para-hydroxylation sites is 4. The maximum atomic E-state index is 2.47. The van der Waals surface area contributed by atoms with Gasteiger partial charge in [-0.25, -0.2) is 0 Å². The largest absolute Gasteiger partial charge is 0.313 e. The molecule has 2 aromatic heterocycles. The monoisotopic (exact) mass is 820 g/mol. The van der Waals surface area contributed by atoms with E-state index in [9.17, 15) is 0 Å². The zero-order chi connectivity index (χ0) is 42.6. The molecule has 0 saturated heterocycles. The van der Waals surface area contributed by atoms with Gasteiger partial charge in [0.2, 0.25) is 0 Å². The van der Waals surface area contributed by atoms with Gasteiger partial charge in [0, 0.05) is 38.3 Å². The van der Waals surface area contributed by atoms with E-state index in [0.717, 1.165) is 25.7 Å². The lowest BCUT2D eigenvalue weighted by atomic mass is 9.66. The van der Waals surface area contributed by atoms with E-state index in [1.807, 2.05) is 0 Å². The summed E-state index contributed by atoms with van der Waals surface area (Å²) in [6.07, 6.45) is 13.5. The highest BCUT2D eigenvalue weighted by Gasteiger charge is 2.36. The molecule has 2 aliphatic carbocycles. The van der Waals surface area contributed by atoms with Gasteiger partial charge in [0.15, 0.2) is 0 Å². The highest BCUT2D eigenvalue weighted by Crippen LogP contribution is 2.48. The molecule has 8 aromatic carbocycles. The Labute approximate surface area is 375 Å². The van der Waals surface area contributed by atoms with E-state index in [1.54, 1.807) is 0 Å². The Hall–Kier alpha value is -7.68. The Kier molecular flexibility index (Phi) is 9.26. The highest BCUT2D eigenvalue weighted by molar-refractivity contribution is 6.10. The lowest BCUT2D eigenvalue weighted by Crippen LogP contribution is -2.28. The van der Waals surface area contributed by atoms with Crippen LogP contribution >= 0.6 is 0 Å². The summed E-state index contributed by atoms with van der Waals surface area (Å²) in [6.45, 7) is 2.45. The van der Waals surface area contributed by atoms with Gasteiger partial charge in [0.05, 0.1) is 22.1 Å². The molecule has 2 aliphatic rings. The first-order valence-electron chi connectivity index (χ1n) is 22.8. The predicted octanol–water partition coefficient (Wildman–Crippen LogP) is 16.4. The SMILES string of the molecule is CC(C1=CC=C(c2ccc(-n3c4ccccc4c4ccccc43)cc2)CC1)(c1ccc(C2=CC=C(n3c4ccccc4c4ccccc43)CC2)cc1)c1ccccc1-c1ccccc1. The Morgan fingerprint density at radius 3 is 1.36 bits per heavy atom. The predicted molar refractivity (Wildman–Crippen MR) is 272 cm³/mol. The van der Waals surface area contributed by atoms with E-state index < -0.39 is 0 Å². The maximum Gasteiger partial charge on any atom is 0.0541 e. The molecule has 10 aromatic rings. The molecule has 12 rings (SSSR count). The van der Waals surface area contributed by atoms with Crippen LogP contribution < -0.4 is 0 Å². The van der Waals surface area contributed by atoms with Crippen molar-refractivity contribution in [3.8, 4) is 16.8 Å². The van der Waals surface area contributed by atoms with Crippen LogP contribution in [0.2, 0.25) is 0 Å². The molecule has 1 unspecified atom stereocenters. The first-order chi connectivity index (χ1) is 31.6. The Balaban J connectivity index is 0.896. The summed E-state index contributed by atoms with van der Waals surface area (Å²) in [6, 6.07) is 73.8. The molecule has 0 radical (unpaired) electrons. The number of allylic oxidation sites excluding steroid dienone is 8. The first kappa shape index (κ1) is 38.0. The van der Waals surface area contributed by atoms with Crippen LogP contribution in [0, 0.1) is 0 Å². The number of aromatic nitrogens is 2. The zero-order valence-electron chi connectivity index (χ0n) is 36.1. The molecule has 0 aliphatic heterocycles. The van der Waals surface area contributed by atoms with Gasteiger partial charge in [0.1, 0.15) is 0 Å². The van der Waals surface area contributed by atoms with Crippen molar-refractivity contribution in [2.24, 2.45) is 0 Å². The molecule has 2 heteroatoms. The molecule has 0 spiro atoms. The van der Waals surface area contributed by atoms with Gasteiger partial charge < -0.3 is 9.13 Å². The summed E-state index contributed by atoms with van der Waals surface area (Å²) >= 11 is 0. The summed E-state index contributed by atoms with van der Waals surface area (Å²) < 4.78 is 4.87. The minimum Gasteiger partial charge on any atom is -0.313 e. The van der Waals surface area contributed by atoms with Gasteiger partial charge in [-0.1, -0.05) is 188 Å². The van der Waals surface area contributed by atoms with Crippen molar-refractivity contribution in [3.05, 3.63) is 252 Å². The summed E-state index contributed by atoms with van der Waals surface area (Å²) in [5.74, 6) is 0. The average molecular weight is 821 g/mol. The molecule has 0 saturated carbocycles.